The second-order valence-corrected chi connectivity index (χ2v) is 14.6. The van der Waals surface area contributed by atoms with Gasteiger partial charge in [-0.25, -0.2) is 9.97 Å². The van der Waals surface area contributed by atoms with E-state index in [1.165, 1.54) is 49.7 Å². The quantitative estimate of drug-likeness (QED) is 0.183. The number of fused-ring (bicyclic) bond motifs is 11. The highest BCUT2D eigenvalue weighted by Gasteiger charge is 2.46. The summed E-state index contributed by atoms with van der Waals surface area (Å²) in [6.45, 7) is 0. The lowest BCUT2D eigenvalue weighted by Crippen LogP contribution is -2.28. The molecular weight excluding hydrogens is 669 g/mol. The fraction of sp³-hybridized carbons (Fsp3) is 0.0196. The van der Waals surface area contributed by atoms with Crippen LogP contribution in [-0.4, -0.2) is 18.9 Å². The summed E-state index contributed by atoms with van der Waals surface area (Å²) in [6, 6.07) is 70.3. The van der Waals surface area contributed by atoms with Gasteiger partial charge in [0.25, 0.3) is 0 Å². The van der Waals surface area contributed by atoms with E-state index < -0.39 is 5.41 Å². The van der Waals surface area contributed by atoms with E-state index in [4.69, 9.17) is 9.97 Å². The highest BCUT2D eigenvalue weighted by Crippen LogP contribution is 2.56. The van der Waals surface area contributed by atoms with Crippen LogP contribution >= 0.6 is 0 Å². The molecule has 0 amide bonds. The number of hydrogen-bond acceptors (Lipinski definition) is 2. The van der Waals surface area contributed by atoms with Gasteiger partial charge in [0, 0.05) is 16.2 Å². The molecule has 0 N–H and O–H groups in total. The maximum atomic E-state index is 5.41. The van der Waals surface area contributed by atoms with E-state index in [2.05, 4.69) is 203 Å². The number of hydrogen-bond donors (Lipinski definition) is 0. The molecule has 3 heterocycles. The Balaban J connectivity index is 1.15. The van der Waals surface area contributed by atoms with Gasteiger partial charge in [-0.1, -0.05) is 152 Å². The van der Waals surface area contributed by atoms with E-state index in [-0.39, 0.29) is 0 Å². The molecule has 4 nitrogen and oxygen atoms in total. The van der Waals surface area contributed by atoms with E-state index in [1.54, 1.807) is 0 Å². The van der Waals surface area contributed by atoms with Crippen molar-refractivity contribution in [1.29, 1.82) is 0 Å². The summed E-state index contributed by atoms with van der Waals surface area (Å²) in [5.41, 5.74) is 15.6. The Hall–Kier alpha value is -7.30. The number of benzene rings is 8. The molecule has 4 heteroatoms. The number of imidazole rings is 1. The monoisotopic (exact) mass is 700 g/mol. The molecule has 11 aromatic rings. The Morgan fingerprint density at radius 3 is 1.76 bits per heavy atom. The molecule has 55 heavy (non-hydrogen) atoms. The minimum atomic E-state index is -0.466. The van der Waals surface area contributed by atoms with Crippen molar-refractivity contribution in [2.75, 3.05) is 0 Å². The van der Waals surface area contributed by atoms with Crippen LogP contribution in [0.1, 0.15) is 22.3 Å². The van der Waals surface area contributed by atoms with E-state index in [0.717, 1.165) is 50.1 Å². The predicted octanol–water partition coefficient (Wildman–Crippen LogP) is 12.2. The molecule has 0 bridgehead atoms. The third-order valence-corrected chi connectivity index (χ3v) is 11.8. The molecule has 12 rings (SSSR count). The summed E-state index contributed by atoms with van der Waals surface area (Å²) in [4.78, 5) is 10.6. The Labute approximate surface area is 317 Å². The SMILES string of the molecule is c1ccc(C2(c3ccccc3)c3ccccc3-c3ccc(-c4ccc5c6ccccc6n(-c6nc7ccccc7c7nc8ccccc8n67)c5c4)cc32)cc1. The molecule has 0 radical (unpaired) electrons. The van der Waals surface area contributed by atoms with Gasteiger partial charge >= 0.3 is 0 Å². The van der Waals surface area contributed by atoms with Crippen LogP contribution in [-0.2, 0) is 5.41 Å². The summed E-state index contributed by atoms with van der Waals surface area (Å²) < 4.78 is 4.57. The van der Waals surface area contributed by atoms with Gasteiger partial charge < -0.3 is 0 Å². The lowest BCUT2D eigenvalue weighted by molar-refractivity contribution is 0.769. The average molecular weight is 701 g/mol. The molecular formula is C51H32N4. The van der Waals surface area contributed by atoms with Crippen molar-refractivity contribution in [2.45, 2.75) is 5.41 Å². The standard InChI is InChI=1S/C51H32N4/c1-3-15-35(16-4-1)51(36-17-5-2-6-18-36)42-22-10-7-19-37(42)38-29-27-33(31-43(38)51)34-28-30-40-39-20-9-13-25-46(39)54(48(40)32-34)50-53-44-23-11-8-21-41(44)49-52-45-24-12-14-26-47(45)55(49)50/h1-32H. The molecule has 0 saturated carbocycles. The van der Waals surface area contributed by atoms with E-state index in [0.29, 0.717) is 0 Å². The van der Waals surface area contributed by atoms with Crippen LogP contribution in [0.25, 0.3) is 77.6 Å². The second kappa shape index (κ2) is 11.3. The largest absolute Gasteiger partial charge is 0.279 e. The summed E-state index contributed by atoms with van der Waals surface area (Å²) in [5.74, 6) is 0.822. The van der Waals surface area contributed by atoms with Crippen LogP contribution in [0.2, 0.25) is 0 Å². The smallest absolute Gasteiger partial charge is 0.221 e. The van der Waals surface area contributed by atoms with Crippen molar-refractivity contribution >= 4 is 49.4 Å². The molecule has 0 atom stereocenters. The first kappa shape index (κ1) is 30.2. The van der Waals surface area contributed by atoms with E-state index in [1.807, 2.05) is 0 Å². The first-order valence-electron chi connectivity index (χ1n) is 18.8. The van der Waals surface area contributed by atoms with Crippen LogP contribution in [0.15, 0.2) is 194 Å². The van der Waals surface area contributed by atoms with Crippen molar-refractivity contribution in [1.82, 2.24) is 18.9 Å². The van der Waals surface area contributed by atoms with Crippen LogP contribution in [0.5, 0.6) is 0 Å². The van der Waals surface area contributed by atoms with Gasteiger partial charge in [0.2, 0.25) is 5.95 Å². The molecule has 0 unspecified atom stereocenters. The Morgan fingerprint density at radius 1 is 0.382 bits per heavy atom. The second-order valence-electron chi connectivity index (χ2n) is 14.6. The molecule has 0 saturated heterocycles. The first-order chi connectivity index (χ1) is 27.3. The van der Waals surface area contributed by atoms with Crippen molar-refractivity contribution in [2.24, 2.45) is 0 Å². The molecule has 3 aromatic heterocycles. The summed E-state index contributed by atoms with van der Waals surface area (Å²) in [5, 5.41) is 3.40. The zero-order chi connectivity index (χ0) is 36.1. The van der Waals surface area contributed by atoms with Gasteiger partial charge in [-0.2, -0.15) is 0 Å². The molecule has 0 spiro atoms. The summed E-state index contributed by atoms with van der Waals surface area (Å²) in [6.07, 6.45) is 0. The molecule has 0 fully saturated rings. The molecule has 256 valence electrons. The number of aromatic nitrogens is 4. The molecule has 0 aliphatic heterocycles. The van der Waals surface area contributed by atoms with Gasteiger partial charge in [-0.3, -0.25) is 8.97 Å². The highest BCUT2D eigenvalue weighted by atomic mass is 15.2. The van der Waals surface area contributed by atoms with Crippen LogP contribution in [0, 0.1) is 0 Å². The summed E-state index contributed by atoms with van der Waals surface area (Å²) >= 11 is 0. The topological polar surface area (TPSA) is 35.1 Å². The Bertz CT molecular complexity index is 3280. The zero-order valence-corrected chi connectivity index (χ0v) is 29.8. The van der Waals surface area contributed by atoms with Crippen LogP contribution < -0.4 is 0 Å². The molecule has 1 aliphatic carbocycles. The normalized spacial score (nSPS) is 13.2. The van der Waals surface area contributed by atoms with Crippen molar-refractivity contribution in [3.05, 3.63) is 216 Å². The maximum absolute atomic E-state index is 5.41. The number of para-hydroxylation sites is 4. The third kappa shape index (κ3) is 4.11. The zero-order valence-electron chi connectivity index (χ0n) is 29.8. The van der Waals surface area contributed by atoms with Crippen molar-refractivity contribution in [3.8, 4) is 28.2 Å². The Kier molecular flexibility index (Phi) is 6.23. The van der Waals surface area contributed by atoms with Crippen LogP contribution in [0.3, 0.4) is 0 Å². The van der Waals surface area contributed by atoms with E-state index in [9.17, 15) is 0 Å². The van der Waals surface area contributed by atoms with Crippen LogP contribution in [0.4, 0.5) is 0 Å². The molecule has 1 aliphatic rings. The minimum absolute atomic E-state index is 0.466. The van der Waals surface area contributed by atoms with Gasteiger partial charge in [-0.05, 0) is 87.0 Å². The fourth-order valence-electron chi connectivity index (χ4n) is 9.47. The summed E-state index contributed by atoms with van der Waals surface area (Å²) in [7, 11) is 0. The molecule has 8 aromatic carbocycles. The van der Waals surface area contributed by atoms with Crippen molar-refractivity contribution in [3.63, 3.8) is 0 Å². The highest BCUT2D eigenvalue weighted by molar-refractivity contribution is 6.10. The van der Waals surface area contributed by atoms with Gasteiger partial charge in [0.1, 0.15) is 5.65 Å². The van der Waals surface area contributed by atoms with Gasteiger partial charge in [0.15, 0.2) is 0 Å². The van der Waals surface area contributed by atoms with Gasteiger partial charge in [-0.15, -0.1) is 0 Å². The lowest BCUT2D eigenvalue weighted by Gasteiger charge is -2.34. The first-order valence-corrected chi connectivity index (χ1v) is 18.8. The average Bonchev–Trinajstić information content (AvgIpc) is 3.91. The van der Waals surface area contributed by atoms with E-state index >= 15 is 0 Å². The third-order valence-electron chi connectivity index (χ3n) is 11.8. The fourth-order valence-corrected chi connectivity index (χ4v) is 9.47. The van der Waals surface area contributed by atoms with Gasteiger partial charge in [0.05, 0.1) is 33.0 Å². The van der Waals surface area contributed by atoms with Crippen molar-refractivity contribution < 1.29 is 0 Å². The predicted molar refractivity (Wildman–Crippen MR) is 225 cm³/mol. The number of rotatable bonds is 4. The Morgan fingerprint density at radius 2 is 0.964 bits per heavy atom. The minimum Gasteiger partial charge on any atom is -0.279 e. The lowest BCUT2D eigenvalue weighted by atomic mass is 9.67. The maximum Gasteiger partial charge on any atom is 0.221 e. The number of nitrogens with zero attached hydrogens (tertiary/aromatic N) is 4.